The van der Waals surface area contributed by atoms with Crippen molar-refractivity contribution in [3.8, 4) is 0 Å². The van der Waals surface area contributed by atoms with Crippen LogP contribution >= 0.6 is 22.6 Å². The molecular formula is C11H16IN5. The smallest absolute Gasteiger partial charge is 0.165 e. The molecule has 2 aromatic rings. The van der Waals surface area contributed by atoms with Gasteiger partial charge in [-0.2, -0.15) is 0 Å². The molecule has 0 bridgehead atoms. The molecule has 0 radical (unpaired) electrons. The van der Waals surface area contributed by atoms with Crippen LogP contribution in [-0.4, -0.2) is 37.0 Å². The zero-order valence-electron chi connectivity index (χ0n) is 10.1. The lowest BCUT2D eigenvalue weighted by Crippen LogP contribution is -2.26. The van der Waals surface area contributed by atoms with E-state index < -0.39 is 0 Å². The maximum Gasteiger partial charge on any atom is 0.165 e. The van der Waals surface area contributed by atoms with Crippen LogP contribution in [0.5, 0.6) is 0 Å². The Morgan fingerprint density at radius 2 is 2.12 bits per heavy atom. The minimum atomic E-state index is 0.880. The van der Waals surface area contributed by atoms with E-state index in [9.17, 15) is 0 Å². The molecule has 0 aliphatic rings. The zero-order chi connectivity index (χ0) is 12.3. The third-order valence-corrected chi connectivity index (χ3v) is 3.24. The van der Waals surface area contributed by atoms with Crippen molar-refractivity contribution in [2.75, 3.05) is 22.4 Å². The lowest BCUT2D eigenvalue weighted by Gasteiger charge is -2.20. The van der Waals surface area contributed by atoms with Crippen molar-refractivity contribution in [2.45, 2.75) is 20.4 Å². The van der Waals surface area contributed by atoms with Gasteiger partial charge < -0.3 is 9.47 Å². The molecule has 2 heterocycles. The van der Waals surface area contributed by atoms with Crippen molar-refractivity contribution in [3.05, 3.63) is 12.7 Å². The fourth-order valence-electron chi connectivity index (χ4n) is 1.85. The van der Waals surface area contributed by atoms with Crippen LogP contribution in [0.3, 0.4) is 0 Å². The summed E-state index contributed by atoms with van der Waals surface area (Å²) in [5.41, 5.74) is 1.82. The van der Waals surface area contributed by atoms with E-state index in [-0.39, 0.29) is 0 Å². The largest absolute Gasteiger partial charge is 0.354 e. The quantitative estimate of drug-likeness (QED) is 0.615. The number of anilines is 1. The molecule has 0 aliphatic carbocycles. The van der Waals surface area contributed by atoms with Gasteiger partial charge in [0.2, 0.25) is 0 Å². The lowest BCUT2D eigenvalue weighted by atomic mass is 10.4. The van der Waals surface area contributed by atoms with Crippen molar-refractivity contribution in [1.82, 2.24) is 19.5 Å². The van der Waals surface area contributed by atoms with Crippen LogP contribution in [0.2, 0.25) is 0 Å². The van der Waals surface area contributed by atoms with E-state index in [0.717, 1.165) is 41.0 Å². The van der Waals surface area contributed by atoms with Crippen LogP contribution in [0.4, 0.5) is 5.82 Å². The van der Waals surface area contributed by atoms with Crippen molar-refractivity contribution in [3.63, 3.8) is 0 Å². The van der Waals surface area contributed by atoms with E-state index >= 15 is 0 Å². The molecule has 17 heavy (non-hydrogen) atoms. The number of aromatic nitrogens is 4. The summed E-state index contributed by atoms with van der Waals surface area (Å²) in [4.78, 5) is 15.4. The first-order chi connectivity index (χ1) is 8.31. The van der Waals surface area contributed by atoms with Gasteiger partial charge in [-0.3, -0.25) is 0 Å². The molecule has 0 aliphatic heterocycles. The molecule has 5 nitrogen and oxygen atoms in total. The molecule has 0 saturated heterocycles. The minimum Gasteiger partial charge on any atom is -0.354 e. The maximum atomic E-state index is 4.43. The highest BCUT2D eigenvalue weighted by Gasteiger charge is 2.13. The third kappa shape index (κ3) is 2.36. The van der Waals surface area contributed by atoms with E-state index in [1.54, 1.807) is 6.33 Å². The molecule has 0 unspecified atom stereocenters. The van der Waals surface area contributed by atoms with E-state index in [2.05, 4.69) is 56.3 Å². The highest BCUT2D eigenvalue weighted by molar-refractivity contribution is 14.1. The van der Waals surface area contributed by atoms with E-state index in [1.807, 2.05) is 10.9 Å². The minimum absolute atomic E-state index is 0.880. The predicted octanol–water partition coefficient (Wildman–Crippen LogP) is 2.11. The fraction of sp³-hybridized carbons (Fsp3) is 0.545. The molecular weight excluding hydrogens is 329 g/mol. The highest BCUT2D eigenvalue weighted by atomic mass is 127. The summed E-state index contributed by atoms with van der Waals surface area (Å²) in [5, 5.41) is 0. The van der Waals surface area contributed by atoms with Crippen LogP contribution in [0.15, 0.2) is 12.7 Å². The van der Waals surface area contributed by atoms with Crippen molar-refractivity contribution in [1.29, 1.82) is 0 Å². The Morgan fingerprint density at radius 1 is 1.29 bits per heavy atom. The summed E-state index contributed by atoms with van der Waals surface area (Å²) in [6, 6.07) is 0. The van der Waals surface area contributed by atoms with Gasteiger partial charge in [0.05, 0.1) is 6.33 Å². The number of hydrogen-bond acceptors (Lipinski definition) is 4. The van der Waals surface area contributed by atoms with Crippen LogP contribution in [-0.2, 0) is 6.54 Å². The van der Waals surface area contributed by atoms with Crippen molar-refractivity contribution < 1.29 is 0 Å². The molecule has 0 saturated carbocycles. The first-order valence-corrected chi connectivity index (χ1v) is 7.31. The van der Waals surface area contributed by atoms with Gasteiger partial charge in [-0.05, 0) is 13.8 Å². The van der Waals surface area contributed by atoms with Gasteiger partial charge >= 0.3 is 0 Å². The molecule has 0 aromatic carbocycles. The molecule has 0 spiro atoms. The standard InChI is InChI=1S/C11H16IN5/c1-3-16(6-5-12)10-9-11(14-7-13-10)17(4-2)8-15-9/h7-8H,3-6H2,1-2H3. The SMILES string of the molecule is CCN(CCI)c1ncnc2c1ncn2CC. The first-order valence-electron chi connectivity index (χ1n) is 5.78. The summed E-state index contributed by atoms with van der Waals surface area (Å²) < 4.78 is 3.12. The van der Waals surface area contributed by atoms with Crippen LogP contribution in [0.1, 0.15) is 13.8 Å². The summed E-state index contributed by atoms with van der Waals surface area (Å²) in [6.07, 6.45) is 3.46. The molecule has 2 aromatic heterocycles. The number of fused-ring (bicyclic) bond motifs is 1. The van der Waals surface area contributed by atoms with Crippen LogP contribution in [0, 0.1) is 0 Å². The number of halogens is 1. The number of nitrogens with zero attached hydrogens (tertiary/aromatic N) is 5. The molecule has 0 N–H and O–H groups in total. The molecule has 0 atom stereocenters. The number of alkyl halides is 1. The second-order valence-electron chi connectivity index (χ2n) is 3.67. The molecule has 92 valence electrons. The second-order valence-corrected chi connectivity index (χ2v) is 4.75. The Balaban J connectivity index is 2.49. The zero-order valence-corrected chi connectivity index (χ0v) is 12.3. The molecule has 0 amide bonds. The van der Waals surface area contributed by atoms with Crippen molar-refractivity contribution in [2.24, 2.45) is 0 Å². The van der Waals surface area contributed by atoms with Gasteiger partial charge in [-0.15, -0.1) is 0 Å². The second kappa shape index (κ2) is 5.61. The predicted molar refractivity (Wildman–Crippen MR) is 77.8 cm³/mol. The lowest BCUT2D eigenvalue weighted by molar-refractivity contribution is 0.776. The van der Waals surface area contributed by atoms with Gasteiger partial charge in [0, 0.05) is 24.1 Å². The van der Waals surface area contributed by atoms with Gasteiger partial charge in [0.25, 0.3) is 0 Å². The first kappa shape index (κ1) is 12.5. The van der Waals surface area contributed by atoms with Crippen LogP contribution in [0.25, 0.3) is 11.2 Å². The Labute approximate surface area is 114 Å². The number of aryl methyl sites for hydroxylation is 1. The number of imidazole rings is 1. The summed E-state index contributed by atoms with van der Waals surface area (Å²) >= 11 is 2.38. The highest BCUT2D eigenvalue weighted by Crippen LogP contribution is 2.21. The monoisotopic (exact) mass is 345 g/mol. The van der Waals surface area contributed by atoms with Gasteiger partial charge in [-0.1, -0.05) is 22.6 Å². The van der Waals surface area contributed by atoms with E-state index in [4.69, 9.17) is 0 Å². The Morgan fingerprint density at radius 3 is 2.76 bits per heavy atom. The van der Waals surface area contributed by atoms with Gasteiger partial charge in [-0.25, -0.2) is 15.0 Å². The van der Waals surface area contributed by atoms with E-state index in [0.29, 0.717) is 0 Å². The number of hydrogen-bond donors (Lipinski definition) is 0. The molecule has 0 fully saturated rings. The average molecular weight is 345 g/mol. The van der Waals surface area contributed by atoms with Gasteiger partial charge in [0.15, 0.2) is 17.0 Å². The maximum absolute atomic E-state index is 4.43. The molecule has 6 heteroatoms. The van der Waals surface area contributed by atoms with E-state index in [1.165, 1.54) is 0 Å². The van der Waals surface area contributed by atoms with Gasteiger partial charge in [0.1, 0.15) is 6.33 Å². The fourth-order valence-corrected chi connectivity index (χ4v) is 2.43. The topological polar surface area (TPSA) is 46.8 Å². The molecule has 2 rings (SSSR count). The summed E-state index contributed by atoms with van der Waals surface area (Å²) in [7, 11) is 0. The average Bonchev–Trinajstić information content (AvgIpc) is 2.79. The number of rotatable bonds is 5. The Hall–Kier alpha value is -0.920. The normalized spacial score (nSPS) is 11.0. The Kier molecular flexibility index (Phi) is 4.14. The Bertz CT molecular complexity index is 496. The summed E-state index contributed by atoms with van der Waals surface area (Å²) in [6.45, 7) is 7.03. The summed E-state index contributed by atoms with van der Waals surface area (Å²) in [5.74, 6) is 0.946. The third-order valence-electron chi connectivity index (χ3n) is 2.76. The van der Waals surface area contributed by atoms with Crippen molar-refractivity contribution >= 4 is 39.6 Å². The van der Waals surface area contributed by atoms with Crippen LogP contribution < -0.4 is 4.90 Å².